The molecule has 1 N–H and O–H groups in total. The summed E-state index contributed by atoms with van der Waals surface area (Å²) in [5.41, 5.74) is 2.59. The summed E-state index contributed by atoms with van der Waals surface area (Å²) in [5, 5.41) is 2.76. The number of anilines is 3. The molecule has 0 aromatic heterocycles. The van der Waals surface area contributed by atoms with E-state index in [1.54, 1.807) is 6.07 Å². The average molecular weight is 313 g/mol. The number of benzene rings is 2. The molecule has 0 radical (unpaired) electrons. The van der Waals surface area contributed by atoms with Gasteiger partial charge in [0.15, 0.2) is 0 Å². The van der Waals surface area contributed by atoms with E-state index in [0.717, 1.165) is 37.6 Å². The predicted octanol–water partition coefficient (Wildman–Crippen LogP) is 3.11. The summed E-state index contributed by atoms with van der Waals surface area (Å²) in [5.74, 6) is -0.239. The monoisotopic (exact) mass is 313 g/mol. The van der Waals surface area contributed by atoms with Crippen molar-refractivity contribution in [3.8, 4) is 0 Å². The number of halogens is 1. The molecule has 5 heteroatoms. The first-order valence-corrected chi connectivity index (χ1v) is 7.75. The molecule has 0 spiro atoms. The van der Waals surface area contributed by atoms with Crippen LogP contribution in [-0.4, -0.2) is 32.1 Å². The van der Waals surface area contributed by atoms with E-state index < -0.39 is 0 Å². The van der Waals surface area contributed by atoms with Gasteiger partial charge in [0, 0.05) is 44.5 Å². The normalized spacial score (nSPS) is 14.7. The summed E-state index contributed by atoms with van der Waals surface area (Å²) in [6, 6.07) is 14.7. The van der Waals surface area contributed by atoms with Gasteiger partial charge < -0.3 is 15.1 Å². The fourth-order valence-corrected chi connectivity index (χ4v) is 2.87. The van der Waals surface area contributed by atoms with Gasteiger partial charge in [0.2, 0.25) is 5.91 Å². The van der Waals surface area contributed by atoms with Gasteiger partial charge in [-0.1, -0.05) is 12.1 Å². The standard InChI is InChI=1S/C18H20FN3O/c1-14(23)20-15-6-8-16(9-7-15)21-10-12-22(13-11-21)18-5-3-2-4-17(18)19/h2-9H,10-13H2,1H3,(H,20,23). The molecular formula is C18H20FN3O. The molecule has 1 fully saturated rings. The van der Waals surface area contributed by atoms with Crippen molar-refractivity contribution in [2.24, 2.45) is 0 Å². The highest BCUT2D eigenvalue weighted by Crippen LogP contribution is 2.23. The molecule has 2 aromatic rings. The zero-order valence-electron chi connectivity index (χ0n) is 13.1. The van der Waals surface area contributed by atoms with Crippen molar-refractivity contribution >= 4 is 23.0 Å². The Morgan fingerprint density at radius 2 is 1.57 bits per heavy atom. The Hall–Kier alpha value is -2.56. The van der Waals surface area contributed by atoms with Crippen molar-refractivity contribution in [3.63, 3.8) is 0 Å². The van der Waals surface area contributed by atoms with Crippen LogP contribution in [0.15, 0.2) is 48.5 Å². The molecule has 0 saturated carbocycles. The fourth-order valence-electron chi connectivity index (χ4n) is 2.87. The van der Waals surface area contributed by atoms with E-state index in [0.29, 0.717) is 5.69 Å². The van der Waals surface area contributed by atoms with Crippen molar-refractivity contribution < 1.29 is 9.18 Å². The van der Waals surface area contributed by atoms with Crippen LogP contribution in [0.4, 0.5) is 21.5 Å². The van der Waals surface area contributed by atoms with E-state index in [-0.39, 0.29) is 11.7 Å². The fraction of sp³-hybridized carbons (Fsp3) is 0.278. The van der Waals surface area contributed by atoms with Crippen molar-refractivity contribution in [2.75, 3.05) is 41.3 Å². The van der Waals surface area contributed by atoms with Gasteiger partial charge in [-0.3, -0.25) is 4.79 Å². The SMILES string of the molecule is CC(=O)Nc1ccc(N2CCN(c3ccccc3F)CC2)cc1. The third-order valence-corrected chi connectivity index (χ3v) is 4.03. The molecule has 23 heavy (non-hydrogen) atoms. The number of rotatable bonds is 3. The summed E-state index contributed by atoms with van der Waals surface area (Å²) in [7, 11) is 0. The molecule has 4 nitrogen and oxygen atoms in total. The quantitative estimate of drug-likeness (QED) is 0.946. The second-order valence-corrected chi connectivity index (χ2v) is 5.65. The van der Waals surface area contributed by atoms with Crippen LogP contribution in [0.5, 0.6) is 0 Å². The molecule has 1 heterocycles. The maximum Gasteiger partial charge on any atom is 0.221 e. The van der Waals surface area contributed by atoms with Crippen LogP contribution in [0.25, 0.3) is 0 Å². The van der Waals surface area contributed by atoms with E-state index in [2.05, 4.69) is 15.1 Å². The Morgan fingerprint density at radius 1 is 0.957 bits per heavy atom. The zero-order chi connectivity index (χ0) is 16.2. The zero-order valence-corrected chi connectivity index (χ0v) is 13.1. The van der Waals surface area contributed by atoms with Crippen molar-refractivity contribution in [2.45, 2.75) is 6.92 Å². The number of nitrogens with zero attached hydrogens (tertiary/aromatic N) is 2. The van der Waals surface area contributed by atoms with Crippen LogP contribution in [0.3, 0.4) is 0 Å². The second-order valence-electron chi connectivity index (χ2n) is 5.65. The summed E-state index contributed by atoms with van der Waals surface area (Å²) in [6.45, 7) is 4.75. The lowest BCUT2D eigenvalue weighted by molar-refractivity contribution is -0.114. The molecule has 0 unspecified atom stereocenters. The van der Waals surface area contributed by atoms with Crippen molar-refractivity contribution in [3.05, 3.63) is 54.3 Å². The van der Waals surface area contributed by atoms with E-state index in [1.165, 1.54) is 13.0 Å². The molecule has 1 aliphatic rings. The van der Waals surface area contributed by atoms with Crippen LogP contribution in [0.1, 0.15) is 6.92 Å². The topological polar surface area (TPSA) is 35.6 Å². The summed E-state index contributed by atoms with van der Waals surface area (Å²) in [6.07, 6.45) is 0. The first kappa shape index (κ1) is 15.3. The number of amides is 1. The van der Waals surface area contributed by atoms with Gasteiger partial charge >= 0.3 is 0 Å². The van der Waals surface area contributed by atoms with E-state index in [4.69, 9.17) is 0 Å². The Kier molecular flexibility index (Phi) is 4.46. The number of piperazine rings is 1. The van der Waals surface area contributed by atoms with Crippen LogP contribution in [0, 0.1) is 5.82 Å². The van der Waals surface area contributed by atoms with E-state index >= 15 is 0 Å². The van der Waals surface area contributed by atoms with Crippen molar-refractivity contribution in [1.82, 2.24) is 0 Å². The number of carbonyl (C=O) groups excluding carboxylic acids is 1. The molecule has 1 aliphatic heterocycles. The number of nitrogens with one attached hydrogen (secondary N) is 1. The maximum absolute atomic E-state index is 13.9. The lowest BCUT2D eigenvalue weighted by Gasteiger charge is -2.37. The average Bonchev–Trinajstić information content (AvgIpc) is 2.56. The number of hydrogen-bond donors (Lipinski definition) is 1. The van der Waals surface area contributed by atoms with Crippen LogP contribution in [0.2, 0.25) is 0 Å². The largest absolute Gasteiger partial charge is 0.368 e. The molecule has 3 rings (SSSR count). The number of carbonyl (C=O) groups is 1. The van der Waals surface area contributed by atoms with Crippen LogP contribution in [-0.2, 0) is 4.79 Å². The van der Waals surface area contributed by atoms with Crippen LogP contribution >= 0.6 is 0 Å². The van der Waals surface area contributed by atoms with Gasteiger partial charge in [0.1, 0.15) is 5.82 Å². The maximum atomic E-state index is 13.9. The second kappa shape index (κ2) is 6.69. The van der Waals surface area contributed by atoms with Gasteiger partial charge in [-0.25, -0.2) is 4.39 Å². The molecule has 2 aromatic carbocycles. The third kappa shape index (κ3) is 3.62. The molecule has 0 aliphatic carbocycles. The molecule has 1 amide bonds. The Bertz CT molecular complexity index is 679. The first-order valence-electron chi connectivity index (χ1n) is 7.75. The Balaban J connectivity index is 1.62. The summed E-state index contributed by atoms with van der Waals surface area (Å²) in [4.78, 5) is 15.4. The highest BCUT2D eigenvalue weighted by atomic mass is 19.1. The van der Waals surface area contributed by atoms with Gasteiger partial charge in [0.25, 0.3) is 0 Å². The van der Waals surface area contributed by atoms with E-state index in [9.17, 15) is 9.18 Å². The Morgan fingerprint density at radius 3 is 2.17 bits per heavy atom. The molecular weight excluding hydrogens is 293 g/mol. The van der Waals surface area contributed by atoms with E-state index in [1.807, 2.05) is 36.4 Å². The lowest BCUT2D eigenvalue weighted by atomic mass is 10.2. The van der Waals surface area contributed by atoms with Gasteiger partial charge in [-0.2, -0.15) is 0 Å². The minimum atomic E-state index is -0.166. The summed E-state index contributed by atoms with van der Waals surface area (Å²) < 4.78 is 13.9. The Labute approximate surface area is 135 Å². The molecule has 1 saturated heterocycles. The highest BCUT2D eigenvalue weighted by Gasteiger charge is 2.19. The lowest BCUT2D eigenvalue weighted by Crippen LogP contribution is -2.46. The molecule has 0 bridgehead atoms. The number of hydrogen-bond acceptors (Lipinski definition) is 3. The highest BCUT2D eigenvalue weighted by molar-refractivity contribution is 5.88. The van der Waals surface area contributed by atoms with Gasteiger partial charge in [0.05, 0.1) is 5.69 Å². The van der Waals surface area contributed by atoms with Crippen molar-refractivity contribution in [1.29, 1.82) is 0 Å². The molecule has 120 valence electrons. The third-order valence-electron chi connectivity index (χ3n) is 4.03. The minimum Gasteiger partial charge on any atom is -0.368 e. The van der Waals surface area contributed by atoms with Crippen LogP contribution < -0.4 is 15.1 Å². The summed E-state index contributed by atoms with van der Waals surface area (Å²) >= 11 is 0. The predicted molar refractivity (Wildman–Crippen MR) is 91.6 cm³/mol. The minimum absolute atomic E-state index is 0.0729. The first-order chi connectivity index (χ1) is 11.1. The van der Waals surface area contributed by atoms with Gasteiger partial charge in [-0.05, 0) is 36.4 Å². The molecule has 0 atom stereocenters. The number of para-hydroxylation sites is 1. The van der Waals surface area contributed by atoms with Gasteiger partial charge in [-0.15, -0.1) is 0 Å². The smallest absolute Gasteiger partial charge is 0.221 e.